The smallest absolute Gasteiger partial charge is 0.407 e. The van der Waals surface area contributed by atoms with Crippen LogP contribution in [0.15, 0.2) is 0 Å². The fourth-order valence-corrected chi connectivity index (χ4v) is 4.24. The van der Waals surface area contributed by atoms with Crippen LogP contribution in [-0.2, 0) is 19.1 Å². The first kappa shape index (κ1) is 25.4. The highest BCUT2D eigenvalue weighted by Gasteiger charge is 2.29. The minimum absolute atomic E-state index is 0.00334. The zero-order valence-electron chi connectivity index (χ0n) is 19.7. The second-order valence-electron chi connectivity index (χ2n) is 9.83. The van der Waals surface area contributed by atoms with Crippen LogP contribution in [0.1, 0.15) is 79.1 Å². The van der Waals surface area contributed by atoms with Gasteiger partial charge in [-0.15, -0.1) is 0 Å². The molecule has 1 saturated carbocycles. The minimum Gasteiger partial charge on any atom is -0.444 e. The van der Waals surface area contributed by atoms with Gasteiger partial charge in [0, 0.05) is 32.1 Å². The molecule has 0 spiro atoms. The average molecular weight is 440 g/mol. The maximum atomic E-state index is 12.8. The molecule has 3 amide bonds. The molecule has 0 aromatic rings. The molecule has 2 aliphatic rings. The zero-order valence-corrected chi connectivity index (χ0v) is 19.7. The summed E-state index contributed by atoms with van der Waals surface area (Å²) in [7, 11) is 0. The molecule has 2 N–H and O–H groups in total. The number of ether oxygens (including phenoxy) is 2. The standard InChI is InChI=1S/C23H41N3O5/c1-17-9-5-6-11-19(17)30-16-21(28)26-14-8-7-10-18(26)15-25-20(27)12-13-24-22(29)31-23(2,3)4/h17-19H,5-16H2,1-4H3,(H,24,29)(H,25,27). The van der Waals surface area contributed by atoms with E-state index in [1.54, 1.807) is 20.8 Å². The van der Waals surface area contributed by atoms with Crippen molar-refractivity contribution < 1.29 is 23.9 Å². The molecule has 31 heavy (non-hydrogen) atoms. The van der Waals surface area contributed by atoms with Crippen molar-refractivity contribution in [3.63, 3.8) is 0 Å². The number of likely N-dealkylation sites (tertiary alicyclic amines) is 1. The van der Waals surface area contributed by atoms with Crippen LogP contribution in [0.4, 0.5) is 4.79 Å². The Labute approximate surface area is 186 Å². The van der Waals surface area contributed by atoms with E-state index in [2.05, 4.69) is 17.6 Å². The van der Waals surface area contributed by atoms with Crippen LogP contribution in [0.2, 0.25) is 0 Å². The van der Waals surface area contributed by atoms with E-state index in [4.69, 9.17) is 9.47 Å². The average Bonchev–Trinajstić information content (AvgIpc) is 2.70. The van der Waals surface area contributed by atoms with Gasteiger partial charge in [-0.2, -0.15) is 0 Å². The van der Waals surface area contributed by atoms with Crippen molar-refractivity contribution in [1.82, 2.24) is 15.5 Å². The van der Waals surface area contributed by atoms with Gasteiger partial charge in [0.15, 0.2) is 0 Å². The SMILES string of the molecule is CC1CCCCC1OCC(=O)N1CCCCC1CNC(=O)CCNC(=O)OC(C)(C)C. The first-order valence-electron chi connectivity index (χ1n) is 11.8. The van der Waals surface area contributed by atoms with Gasteiger partial charge < -0.3 is 25.0 Å². The molecule has 1 aliphatic heterocycles. The number of hydrogen-bond acceptors (Lipinski definition) is 5. The Balaban J connectivity index is 1.70. The first-order chi connectivity index (χ1) is 14.7. The van der Waals surface area contributed by atoms with Crippen molar-refractivity contribution in [2.45, 2.75) is 96.8 Å². The van der Waals surface area contributed by atoms with Crippen molar-refractivity contribution in [3.8, 4) is 0 Å². The third-order valence-corrected chi connectivity index (χ3v) is 5.96. The lowest BCUT2D eigenvalue weighted by atomic mass is 9.88. The molecule has 1 heterocycles. The van der Waals surface area contributed by atoms with Crippen molar-refractivity contribution in [2.75, 3.05) is 26.2 Å². The van der Waals surface area contributed by atoms with Crippen molar-refractivity contribution in [3.05, 3.63) is 0 Å². The monoisotopic (exact) mass is 439 g/mol. The highest BCUT2D eigenvalue weighted by atomic mass is 16.6. The number of rotatable bonds is 8. The van der Waals surface area contributed by atoms with Crippen LogP contribution in [0.3, 0.4) is 0 Å². The lowest BCUT2D eigenvalue weighted by Gasteiger charge is -2.36. The van der Waals surface area contributed by atoms with Crippen molar-refractivity contribution >= 4 is 17.9 Å². The van der Waals surface area contributed by atoms with Gasteiger partial charge in [-0.05, 0) is 58.8 Å². The summed E-state index contributed by atoms with van der Waals surface area (Å²) in [5.41, 5.74) is -0.567. The van der Waals surface area contributed by atoms with E-state index in [9.17, 15) is 14.4 Å². The van der Waals surface area contributed by atoms with E-state index in [-0.39, 0.29) is 43.5 Å². The molecule has 2 rings (SSSR count). The second kappa shape index (κ2) is 12.3. The summed E-state index contributed by atoms with van der Waals surface area (Å²) in [5, 5.41) is 5.49. The van der Waals surface area contributed by atoms with Gasteiger partial charge >= 0.3 is 6.09 Å². The van der Waals surface area contributed by atoms with Gasteiger partial charge in [0.05, 0.1) is 6.10 Å². The Hall–Kier alpha value is -1.83. The normalized spacial score (nSPS) is 24.4. The zero-order chi connectivity index (χ0) is 22.9. The first-order valence-corrected chi connectivity index (χ1v) is 11.8. The predicted octanol–water partition coefficient (Wildman–Crippen LogP) is 2.99. The van der Waals surface area contributed by atoms with E-state index in [1.165, 1.54) is 19.3 Å². The quantitative estimate of drug-likeness (QED) is 0.606. The summed E-state index contributed by atoms with van der Waals surface area (Å²) < 4.78 is 11.1. The molecule has 0 radical (unpaired) electrons. The maximum absolute atomic E-state index is 12.8. The Bertz CT molecular complexity index is 605. The molecule has 0 aromatic carbocycles. The van der Waals surface area contributed by atoms with Crippen LogP contribution in [0.5, 0.6) is 0 Å². The Morgan fingerprint density at radius 3 is 2.42 bits per heavy atom. The molecule has 0 aromatic heterocycles. The van der Waals surface area contributed by atoms with Crippen LogP contribution in [0, 0.1) is 5.92 Å². The van der Waals surface area contributed by atoms with Crippen LogP contribution in [0.25, 0.3) is 0 Å². The summed E-state index contributed by atoms with van der Waals surface area (Å²) in [6.07, 6.45) is 7.34. The molecule has 8 heteroatoms. The molecular weight excluding hydrogens is 398 g/mol. The summed E-state index contributed by atoms with van der Waals surface area (Å²) >= 11 is 0. The number of hydrogen-bond donors (Lipinski definition) is 2. The van der Waals surface area contributed by atoms with Crippen molar-refractivity contribution in [2.24, 2.45) is 5.92 Å². The van der Waals surface area contributed by atoms with Crippen LogP contribution in [-0.4, -0.2) is 66.8 Å². The molecule has 1 saturated heterocycles. The van der Waals surface area contributed by atoms with Crippen LogP contribution >= 0.6 is 0 Å². The number of amides is 3. The topological polar surface area (TPSA) is 97.0 Å². The lowest BCUT2D eigenvalue weighted by Crippen LogP contribution is -2.51. The number of carbonyl (C=O) groups excluding carboxylic acids is 3. The van der Waals surface area contributed by atoms with Crippen LogP contribution < -0.4 is 10.6 Å². The fourth-order valence-electron chi connectivity index (χ4n) is 4.24. The van der Waals surface area contributed by atoms with Gasteiger partial charge in [0.25, 0.3) is 0 Å². The van der Waals surface area contributed by atoms with E-state index in [0.717, 1.165) is 25.7 Å². The summed E-state index contributed by atoms with van der Waals surface area (Å²) in [5.74, 6) is 0.372. The Morgan fingerprint density at radius 2 is 1.71 bits per heavy atom. The van der Waals surface area contributed by atoms with Gasteiger partial charge in [-0.3, -0.25) is 9.59 Å². The molecule has 3 atom stereocenters. The molecule has 178 valence electrons. The fraction of sp³-hybridized carbons (Fsp3) is 0.870. The van der Waals surface area contributed by atoms with E-state index in [1.807, 2.05) is 4.90 Å². The summed E-state index contributed by atoms with van der Waals surface area (Å²) in [6.45, 7) is 9.04. The number of piperidine rings is 1. The van der Waals surface area contributed by atoms with E-state index < -0.39 is 11.7 Å². The van der Waals surface area contributed by atoms with E-state index >= 15 is 0 Å². The third kappa shape index (κ3) is 9.46. The molecule has 3 unspecified atom stereocenters. The molecule has 8 nitrogen and oxygen atoms in total. The Morgan fingerprint density at radius 1 is 1.00 bits per heavy atom. The minimum atomic E-state index is -0.567. The number of carbonyl (C=O) groups is 3. The maximum Gasteiger partial charge on any atom is 0.407 e. The van der Waals surface area contributed by atoms with Gasteiger partial charge in [0.2, 0.25) is 11.8 Å². The molecule has 1 aliphatic carbocycles. The highest BCUT2D eigenvalue weighted by Crippen LogP contribution is 2.26. The predicted molar refractivity (Wildman–Crippen MR) is 119 cm³/mol. The number of alkyl carbamates (subject to hydrolysis) is 1. The van der Waals surface area contributed by atoms with Gasteiger partial charge in [-0.1, -0.05) is 19.8 Å². The Kier molecular flexibility index (Phi) is 10.1. The largest absolute Gasteiger partial charge is 0.444 e. The number of nitrogens with zero attached hydrogens (tertiary/aromatic N) is 1. The third-order valence-electron chi connectivity index (χ3n) is 5.96. The molecule has 0 bridgehead atoms. The highest BCUT2D eigenvalue weighted by molar-refractivity contribution is 5.79. The van der Waals surface area contributed by atoms with Crippen molar-refractivity contribution in [1.29, 1.82) is 0 Å². The van der Waals surface area contributed by atoms with E-state index in [0.29, 0.717) is 19.0 Å². The molecular formula is C23H41N3O5. The summed E-state index contributed by atoms with van der Waals surface area (Å²) in [4.78, 5) is 38.5. The van der Waals surface area contributed by atoms with Gasteiger partial charge in [0.1, 0.15) is 12.2 Å². The lowest BCUT2D eigenvalue weighted by molar-refractivity contribution is -0.144. The second-order valence-corrected chi connectivity index (χ2v) is 9.83. The molecule has 2 fully saturated rings. The summed E-state index contributed by atoms with van der Waals surface area (Å²) in [6, 6.07) is -0.00334. The van der Waals surface area contributed by atoms with Gasteiger partial charge in [-0.25, -0.2) is 4.79 Å². The number of nitrogens with one attached hydrogen (secondary N) is 2.